The smallest absolute Gasteiger partial charge is 0.270 e. The van der Waals surface area contributed by atoms with Gasteiger partial charge in [-0.2, -0.15) is 4.37 Å². The normalized spacial score (nSPS) is 11.6. The molecule has 2 heterocycles. The van der Waals surface area contributed by atoms with Crippen LogP contribution >= 0.6 is 11.5 Å². The Kier molecular flexibility index (Phi) is 8.25. The van der Waals surface area contributed by atoms with Crippen LogP contribution < -0.4 is 21.7 Å². The van der Waals surface area contributed by atoms with Crippen LogP contribution in [0, 0.1) is 5.82 Å². The summed E-state index contributed by atoms with van der Waals surface area (Å²) < 4.78 is 22.8. The van der Waals surface area contributed by atoms with E-state index in [4.69, 9.17) is 15.9 Å². The van der Waals surface area contributed by atoms with Crippen molar-refractivity contribution in [3.63, 3.8) is 0 Å². The van der Waals surface area contributed by atoms with Crippen LogP contribution in [-0.4, -0.2) is 41.1 Å². The molecule has 0 saturated carbocycles. The average Bonchev–Trinajstić information content (AvgIpc) is 3.57. The third-order valence-corrected chi connectivity index (χ3v) is 6.84. The van der Waals surface area contributed by atoms with Gasteiger partial charge in [0.25, 0.3) is 11.8 Å². The van der Waals surface area contributed by atoms with Crippen molar-refractivity contribution in [3.8, 4) is 0 Å². The van der Waals surface area contributed by atoms with Crippen molar-refractivity contribution in [2.24, 2.45) is 5.73 Å². The number of primary amides is 1. The third kappa shape index (κ3) is 6.24. The highest BCUT2D eigenvalue weighted by Gasteiger charge is 2.35. The highest BCUT2D eigenvalue weighted by atomic mass is 32.1. The summed E-state index contributed by atoms with van der Waals surface area (Å²) in [5.74, 6) is -1.96. The molecule has 0 aliphatic carbocycles. The first-order valence-corrected chi connectivity index (χ1v) is 12.6. The Hall–Kier alpha value is -4.71. The highest BCUT2D eigenvalue weighted by Crippen LogP contribution is 2.31. The molecule has 5 N–H and O–H groups in total. The first kappa shape index (κ1) is 27.3. The SMILES string of the molecule is CN(C)c1ccc(C(C(=O)NCc2ccc(F)cc2)N(Cc2ccco2)C(=O)c2snc(C(N)=O)c2N)cc1. The van der Waals surface area contributed by atoms with Gasteiger partial charge in [-0.15, -0.1) is 0 Å². The number of nitrogen functional groups attached to an aromatic ring is 1. The van der Waals surface area contributed by atoms with Crippen LogP contribution in [0.3, 0.4) is 0 Å². The number of nitrogens with zero attached hydrogens (tertiary/aromatic N) is 3. The summed E-state index contributed by atoms with van der Waals surface area (Å²) in [6, 6.07) is 15.1. The van der Waals surface area contributed by atoms with E-state index in [9.17, 15) is 18.8 Å². The van der Waals surface area contributed by atoms with Crippen molar-refractivity contribution in [2.75, 3.05) is 24.7 Å². The van der Waals surface area contributed by atoms with Crippen LogP contribution in [-0.2, 0) is 17.9 Å². The minimum Gasteiger partial charge on any atom is -0.467 e. The van der Waals surface area contributed by atoms with Crippen LogP contribution in [0.5, 0.6) is 0 Å². The minimum absolute atomic E-state index is 0.0309. The molecule has 0 aliphatic rings. The average molecular weight is 551 g/mol. The summed E-state index contributed by atoms with van der Waals surface area (Å²) >= 11 is 0.724. The maximum atomic E-state index is 13.9. The van der Waals surface area contributed by atoms with Gasteiger partial charge in [0.15, 0.2) is 5.69 Å². The van der Waals surface area contributed by atoms with Gasteiger partial charge in [-0.05, 0) is 59.1 Å². The zero-order valence-corrected chi connectivity index (χ0v) is 22.1. The number of carbonyl (C=O) groups excluding carboxylic acids is 3. The summed E-state index contributed by atoms with van der Waals surface area (Å²) in [7, 11) is 3.77. The third-order valence-electron chi connectivity index (χ3n) is 5.99. The molecule has 4 aromatic rings. The number of carbonyl (C=O) groups is 3. The summed E-state index contributed by atoms with van der Waals surface area (Å²) in [6.45, 7) is 0.0157. The lowest BCUT2D eigenvalue weighted by Gasteiger charge is -2.31. The Balaban J connectivity index is 1.75. The molecule has 202 valence electrons. The van der Waals surface area contributed by atoms with Crippen molar-refractivity contribution in [2.45, 2.75) is 19.1 Å². The molecular weight excluding hydrogens is 523 g/mol. The van der Waals surface area contributed by atoms with Crippen LogP contribution in [0.4, 0.5) is 15.8 Å². The fourth-order valence-corrected chi connectivity index (χ4v) is 4.69. The molecule has 0 spiro atoms. The first-order chi connectivity index (χ1) is 18.7. The van der Waals surface area contributed by atoms with Crippen LogP contribution in [0.2, 0.25) is 0 Å². The molecule has 1 unspecified atom stereocenters. The Labute approximate surface area is 228 Å². The summed E-state index contributed by atoms with van der Waals surface area (Å²) in [6.07, 6.45) is 1.46. The van der Waals surface area contributed by atoms with E-state index < -0.39 is 29.6 Å². The standard InChI is InChI=1S/C27H27FN6O4S/c1-33(2)19-11-7-17(8-12-19)23(26(36)31-14-16-5-9-18(28)10-6-16)34(15-20-4-3-13-38-20)27(37)24-21(29)22(25(30)35)32-39-24/h3-13,23H,14-15,29H2,1-2H3,(H2,30,35)(H,31,36). The van der Waals surface area contributed by atoms with E-state index >= 15 is 0 Å². The van der Waals surface area contributed by atoms with Gasteiger partial charge in [0.05, 0.1) is 18.5 Å². The molecule has 0 bridgehead atoms. The van der Waals surface area contributed by atoms with E-state index in [0.717, 1.165) is 17.2 Å². The molecule has 2 aromatic carbocycles. The maximum absolute atomic E-state index is 13.9. The minimum atomic E-state index is -1.13. The Morgan fingerprint density at radius 1 is 1.08 bits per heavy atom. The number of rotatable bonds is 10. The lowest BCUT2D eigenvalue weighted by atomic mass is 10.0. The monoisotopic (exact) mass is 550 g/mol. The zero-order chi connectivity index (χ0) is 28.1. The van der Waals surface area contributed by atoms with Gasteiger partial charge in [0.2, 0.25) is 5.91 Å². The molecule has 1 atom stereocenters. The zero-order valence-electron chi connectivity index (χ0n) is 21.3. The molecule has 0 saturated heterocycles. The number of nitrogens with one attached hydrogen (secondary N) is 1. The van der Waals surface area contributed by atoms with Gasteiger partial charge in [0.1, 0.15) is 22.5 Å². The van der Waals surface area contributed by atoms with Gasteiger partial charge in [-0.25, -0.2) is 4.39 Å². The number of benzene rings is 2. The maximum Gasteiger partial charge on any atom is 0.270 e. The van der Waals surface area contributed by atoms with Crippen molar-refractivity contribution in [1.29, 1.82) is 0 Å². The molecule has 4 rings (SSSR count). The van der Waals surface area contributed by atoms with Gasteiger partial charge in [0, 0.05) is 26.3 Å². The molecule has 0 radical (unpaired) electrons. The second-order valence-corrected chi connectivity index (χ2v) is 9.66. The van der Waals surface area contributed by atoms with E-state index in [0.29, 0.717) is 16.9 Å². The highest BCUT2D eigenvalue weighted by molar-refractivity contribution is 7.09. The lowest BCUT2D eigenvalue weighted by molar-refractivity contribution is -0.126. The van der Waals surface area contributed by atoms with E-state index in [2.05, 4.69) is 9.69 Å². The van der Waals surface area contributed by atoms with E-state index in [1.807, 2.05) is 31.1 Å². The van der Waals surface area contributed by atoms with Crippen LogP contribution in [0.25, 0.3) is 0 Å². The number of amides is 3. The molecular formula is C27H27FN6O4S. The number of hydrogen-bond acceptors (Lipinski definition) is 8. The molecule has 0 fully saturated rings. The molecule has 10 nitrogen and oxygen atoms in total. The summed E-state index contributed by atoms with van der Waals surface area (Å²) in [5, 5.41) is 2.84. The van der Waals surface area contributed by atoms with Gasteiger partial charge in [-0.1, -0.05) is 24.3 Å². The van der Waals surface area contributed by atoms with Gasteiger partial charge in [-0.3, -0.25) is 14.4 Å². The molecule has 39 heavy (non-hydrogen) atoms. The van der Waals surface area contributed by atoms with Gasteiger partial charge < -0.3 is 31.0 Å². The number of aromatic nitrogens is 1. The number of halogens is 1. The topological polar surface area (TPSA) is 148 Å². The van der Waals surface area contributed by atoms with Gasteiger partial charge >= 0.3 is 0 Å². The lowest BCUT2D eigenvalue weighted by Crippen LogP contribution is -2.43. The van der Waals surface area contributed by atoms with Crippen molar-refractivity contribution in [3.05, 3.63) is 100 Å². The Morgan fingerprint density at radius 2 is 1.77 bits per heavy atom. The summed E-state index contributed by atoms with van der Waals surface area (Å²) in [4.78, 5) is 42.6. The molecule has 2 aromatic heterocycles. The van der Waals surface area contributed by atoms with E-state index in [1.165, 1.54) is 23.3 Å². The van der Waals surface area contributed by atoms with Crippen molar-refractivity contribution < 1.29 is 23.2 Å². The first-order valence-electron chi connectivity index (χ1n) is 11.8. The fraction of sp³-hybridized carbons (Fsp3) is 0.185. The predicted molar refractivity (Wildman–Crippen MR) is 145 cm³/mol. The molecule has 3 amide bonds. The van der Waals surface area contributed by atoms with E-state index in [1.54, 1.807) is 36.4 Å². The Morgan fingerprint density at radius 3 is 2.33 bits per heavy atom. The second-order valence-electron chi connectivity index (χ2n) is 8.88. The van der Waals surface area contributed by atoms with Crippen LogP contribution in [0.1, 0.15) is 43.1 Å². The predicted octanol–water partition coefficient (Wildman–Crippen LogP) is 3.32. The molecule has 0 aliphatic heterocycles. The number of anilines is 2. The summed E-state index contributed by atoms with van der Waals surface area (Å²) in [5.41, 5.74) is 13.1. The molecule has 12 heteroatoms. The van der Waals surface area contributed by atoms with Crippen LogP contribution in [0.15, 0.2) is 71.3 Å². The largest absolute Gasteiger partial charge is 0.467 e. The number of nitrogens with two attached hydrogens (primary N) is 2. The second kappa shape index (κ2) is 11.8. The van der Waals surface area contributed by atoms with E-state index in [-0.39, 0.29) is 29.3 Å². The fourth-order valence-electron chi connectivity index (χ4n) is 3.93. The van der Waals surface area contributed by atoms with Crippen molar-refractivity contribution >= 4 is 40.6 Å². The van der Waals surface area contributed by atoms with Crippen molar-refractivity contribution in [1.82, 2.24) is 14.6 Å². The quantitative estimate of drug-likeness (QED) is 0.274. The Bertz CT molecular complexity index is 1450. The number of hydrogen-bond donors (Lipinski definition) is 3. The number of furan rings is 1.